The second kappa shape index (κ2) is 12.0. The Morgan fingerprint density at radius 3 is 2.47 bits per heavy atom. The zero-order chi connectivity index (χ0) is 27.4. The van der Waals surface area contributed by atoms with Crippen LogP contribution in [0.15, 0.2) is 36.4 Å². The molecule has 1 amide bonds. The molecular formula is C28H38N2O7S. The van der Waals surface area contributed by atoms with Crippen LogP contribution in [0.25, 0.3) is 0 Å². The Balaban J connectivity index is 1.46. The van der Waals surface area contributed by atoms with E-state index >= 15 is 0 Å². The summed E-state index contributed by atoms with van der Waals surface area (Å²) >= 11 is 0. The first-order chi connectivity index (χ1) is 18.1. The molecule has 2 aliphatic rings. The second-order valence-electron chi connectivity index (χ2n) is 9.99. The summed E-state index contributed by atoms with van der Waals surface area (Å²) in [4.78, 5) is 15.2. The van der Waals surface area contributed by atoms with E-state index in [1.54, 1.807) is 50.4 Å². The van der Waals surface area contributed by atoms with Crippen molar-refractivity contribution in [2.75, 3.05) is 47.6 Å². The maximum atomic E-state index is 13.5. The first-order valence-corrected chi connectivity index (χ1v) is 14.5. The fourth-order valence-corrected chi connectivity index (χ4v) is 6.58. The van der Waals surface area contributed by atoms with Crippen LogP contribution in [0.1, 0.15) is 39.9 Å². The molecule has 0 aliphatic carbocycles. The third-order valence-electron chi connectivity index (χ3n) is 7.62. The lowest BCUT2D eigenvalue weighted by Crippen LogP contribution is -2.41. The van der Waals surface area contributed by atoms with Gasteiger partial charge in [-0.3, -0.25) is 4.79 Å². The standard InChI is InChI=1S/C28H38N2O7S/c1-19-9-10-24(34-4)27(20(19)2)28(31)30-16-25(35-5)26(17-30)37-23-8-6-7-21(15-23)18-38(32,33)29(3)22-11-13-36-14-12-22/h6-10,15,22,25-26H,11-14,16-18H2,1-5H3/t25-,26-/m1/s1. The van der Waals surface area contributed by atoms with Crippen LogP contribution in [0, 0.1) is 13.8 Å². The smallest absolute Gasteiger partial charge is 0.258 e. The molecule has 2 fully saturated rings. The summed E-state index contributed by atoms with van der Waals surface area (Å²) in [6, 6.07) is 10.8. The van der Waals surface area contributed by atoms with Gasteiger partial charge >= 0.3 is 0 Å². The van der Waals surface area contributed by atoms with Crippen molar-refractivity contribution in [2.45, 2.75) is 50.7 Å². The minimum absolute atomic E-state index is 0.0479. The molecule has 10 heteroatoms. The molecule has 2 heterocycles. The maximum Gasteiger partial charge on any atom is 0.258 e. The highest BCUT2D eigenvalue weighted by atomic mass is 32.2. The molecule has 0 saturated carbocycles. The number of sulfonamides is 1. The van der Waals surface area contributed by atoms with Gasteiger partial charge in [0.15, 0.2) is 0 Å². The summed E-state index contributed by atoms with van der Waals surface area (Å²) in [5, 5.41) is 0. The number of aryl methyl sites for hydroxylation is 1. The highest BCUT2D eigenvalue weighted by Crippen LogP contribution is 2.29. The van der Waals surface area contributed by atoms with Gasteiger partial charge < -0.3 is 23.8 Å². The lowest BCUT2D eigenvalue weighted by Gasteiger charge is -2.30. The SMILES string of the molecule is COc1ccc(C)c(C)c1C(=O)N1C[C@@H](OC)[C@H](Oc2cccc(CS(=O)(=O)N(C)C3CCOCC3)c2)C1. The summed E-state index contributed by atoms with van der Waals surface area (Å²) < 4.78 is 50.4. The van der Waals surface area contributed by atoms with Gasteiger partial charge in [-0.05, 0) is 61.6 Å². The topological polar surface area (TPSA) is 94.6 Å². The molecule has 38 heavy (non-hydrogen) atoms. The number of carbonyl (C=O) groups is 1. The Kier molecular flexibility index (Phi) is 8.97. The monoisotopic (exact) mass is 546 g/mol. The van der Waals surface area contributed by atoms with Crippen LogP contribution in [0.3, 0.4) is 0 Å². The predicted molar refractivity (Wildman–Crippen MR) is 144 cm³/mol. The van der Waals surface area contributed by atoms with Crippen molar-refractivity contribution in [3.8, 4) is 11.5 Å². The van der Waals surface area contributed by atoms with Crippen molar-refractivity contribution in [1.29, 1.82) is 0 Å². The van der Waals surface area contributed by atoms with E-state index in [4.69, 9.17) is 18.9 Å². The average molecular weight is 547 g/mol. The zero-order valence-corrected chi connectivity index (χ0v) is 23.6. The van der Waals surface area contributed by atoms with Gasteiger partial charge in [-0.2, -0.15) is 0 Å². The predicted octanol–water partition coefficient (Wildman–Crippen LogP) is 3.17. The van der Waals surface area contributed by atoms with Crippen molar-refractivity contribution in [3.63, 3.8) is 0 Å². The van der Waals surface area contributed by atoms with E-state index in [1.165, 1.54) is 4.31 Å². The van der Waals surface area contributed by atoms with Gasteiger partial charge in [0.25, 0.3) is 5.91 Å². The first-order valence-electron chi connectivity index (χ1n) is 12.9. The van der Waals surface area contributed by atoms with E-state index in [-0.39, 0.29) is 23.8 Å². The number of benzene rings is 2. The van der Waals surface area contributed by atoms with E-state index in [0.29, 0.717) is 61.8 Å². The molecule has 0 N–H and O–H groups in total. The summed E-state index contributed by atoms with van der Waals surface area (Å²) in [6.45, 7) is 5.75. The van der Waals surface area contributed by atoms with E-state index in [0.717, 1.165) is 11.1 Å². The van der Waals surface area contributed by atoms with Gasteiger partial charge in [-0.25, -0.2) is 12.7 Å². The third-order valence-corrected chi connectivity index (χ3v) is 9.49. The molecule has 2 aliphatic heterocycles. The number of nitrogens with zero attached hydrogens (tertiary/aromatic N) is 2. The van der Waals surface area contributed by atoms with E-state index in [1.807, 2.05) is 26.0 Å². The molecule has 0 bridgehead atoms. The van der Waals surface area contributed by atoms with Crippen LogP contribution in [0.2, 0.25) is 0 Å². The molecule has 2 saturated heterocycles. The zero-order valence-electron chi connectivity index (χ0n) is 22.8. The minimum atomic E-state index is -3.50. The molecule has 0 aromatic heterocycles. The fraction of sp³-hybridized carbons (Fsp3) is 0.536. The highest BCUT2D eigenvalue weighted by molar-refractivity contribution is 7.88. The van der Waals surface area contributed by atoms with Crippen molar-refractivity contribution in [2.24, 2.45) is 0 Å². The number of carbonyl (C=O) groups excluding carboxylic acids is 1. The van der Waals surface area contributed by atoms with Crippen LogP contribution < -0.4 is 9.47 Å². The van der Waals surface area contributed by atoms with Crippen molar-refractivity contribution >= 4 is 15.9 Å². The Bertz CT molecular complexity index is 1240. The Labute approximate surface area is 225 Å². The van der Waals surface area contributed by atoms with Gasteiger partial charge in [0.1, 0.15) is 23.7 Å². The minimum Gasteiger partial charge on any atom is -0.496 e. The average Bonchev–Trinajstić information content (AvgIpc) is 3.32. The van der Waals surface area contributed by atoms with Gasteiger partial charge in [0, 0.05) is 33.4 Å². The number of hydrogen-bond donors (Lipinski definition) is 0. The summed E-state index contributed by atoms with van der Waals surface area (Å²) in [7, 11) is 1.30. The molecule has 2 aromatic carbocycles. The van der Waals surface area contributed by atoms with Gasteiger partial charge in [0.2, 0.25) is 10.0 Å². The van der Waals surface area contributed by atoms with Crippen LogP contribution in [0.5, 0.6) is 11.5 Å². The second-order valence-corrected chi connectivity index (χ2v) is 12.0. The quantitative estimate of drug-likeness (QED) is 0.477. The number of methoxy groups -OCH3 is 2. The first kappa shape index (κ1) is 28.4. The number of hydrogen-bond acceptors (Lipinski definition) is 7. The van der Waals surface area contributed by atoms with Crippen molar-refractivity contribution in [1.82, 2.24) is 9.21 Å². The molecule has 208 valence electrons. The molecule has 4 rings (SSSR count). The normalized spacial score (nSPS) is 20.6. The number of likely N-dealkylation sites (tertiary alicyclic amines) is 1. The maximum absolute atomic E-state index is 13.5. The van der Waals surface area contributed by atoms with Gasteiger partial charge in [0.05, 0.1) is 31.5 Å². The molecule has 9 nitrogen and oxygen atoms in total. The van der Waals surface area contributed by atoms with Gasteiger partial charge in [-0.1, -0.05) is 18.2 Å². The summed E-state index contributed by atoms with van der Waals surface area (Å²) in [5.41, 5.74) is 3.08. The van der Waals surface area contributed by atoms with Crippen molar-refractivity contribution in [3.05, 3.63) is 58.7 Å². The van der Waals surface area contributed by atoms with Gasteiger partial charge in [-0.15, -0.1) is 0 Å². The van der Waals surface area contributed by atoms with Crippen LogP contribution in [0.4, 0.5) is 0 Å². The Morgan fingerprint density at radius 2 is 1.79 bits per heavy atom. The van der Waals surface area contributed by atoms with E-state index in [2.05, 4.69) is 0 Å². The molecule has 0 radical (unpaired) electrons. The summed E-state index contributed by atoms with van der Waals surface area (Å²) in [5.74, 6) is 0.827. The molecule has 2 atom stereocenters. The Hall–Kier alpha value is -2.66. The van der Waals surface area contributed by atoms with E-state index in [9.17, 15) is 13.2 Å². The highest BCUT2D eigenvalue weighted by Gasteiger charge is 2.39. The fourth-order valence-electron chi connectivity index (χ4n) is 5.11. The third kappa shape index (κ3) is 6.14. The lowest BCUT2D eigenvalue weighted by molar-refractivity contribution is 0.0339. The molecule has 0 unspecified atom stereocenters. The molecule has 0 spiro atoms. The Morgan fingerprint density at radius 1 is 1.08 bits per heavy atom. The van der Waals surface area contributed by atoms with Crippen LogP contribution in [-0.2, 0) is 25.2 Å². The van der Waals surface area contributed by atoms with E-state index < -0.39 is 16.1 Å². The lowest BCUT2D eigenvalue weighted by atomic mass is 10.0. The number of amides is 1. The summed E-state index contributed by atoms with van der Waals surface area (Å²) in [6.07, 6.45) is 0.656. The van der Waals surface area contributed by atoms with Crippen molar-refractivity contribution < 1.29 is 32.2 Å². The molecular weight excluding hydrogens is 508 g/mol. The largest absolute Gasteiger partial charge is 0.496 e. The number of ether oxygens (including phenoxy) is 4. The number of rotatable bonds is 9. The van der Waals surface area contributed by atoms with Crippen LogP contribution >= 0.6 is 0 Å². The molecule has 2 aromatic rings. The van der Waals surface area contributed by atoms with Crippen LogP contribution in [-0.4, -0.2) is 89.4 Å².